The van der Waals surface area contributed by atoms with Gasteiger partial charge in [0.05, 0.1) is 12.4 Å². The van der Waals surface area contributed by atoms with Crippen molar-refractivity contribution in [3.8, 4) is 0 Å². The van der Waals surface area contributed by atoms with Crippen LogP contribution < -0.4 is 5.32 Å². The zero-order chi connectivity index (χ0) is 20.4. The second-order valence-electron chi connectivity index (χ2n) is 9.59. The summed E-state index contributed by atoms with van der Waals surface area (Å²) < 4.78 is 0. The predicted molar refractivity (Wildman–Crippen MR) is 111 cm³/mol. The van der Waals surface area contributed by atoms with Crippen molar-refractivity contribution in [2.24, 2.45) is 17.8 Å². The van der Waals surface area contributed by atoms with E-state index in [0.29, 0.717) is 49.1 Å². The number of rotatable bonds is 7. The fourth-order valence-electron chi connectivity index (χ4n) is 5.60. The Labute approximate surface area is 173 Å². The van der Waals surface area contributed by atoms with Crippen molar-refractivity contribution >= 4 is 11.8 Å². The Morgan fingerprint density at radius 1 is 1.34 bits per heavy atom. The monoisotopic (exact) mass is 401 g/mol. The van der Waals surface area contributed by atoms with E-state index in [4.69, 9.17) is 0 Å². The summed E-state index contributed by atoms with van der Waals surface area (Å²) in [5, 5.41) is 3.16. The molecule has 7 heteroatoms. The van der Waals surface area contributed by atoms with Crippen LogP contribution in [0.15, 0.2) is 12.5 Å². The van der Waals surface area contributed by atoms with Gasteiger partial charge in [-0.1, -0.05) is 13.8 Å². The second-order valence-corrected chi connectivity index (χ2v) is 9.59. The summed E-state index contributed by atoms with van der Waals surface area (Å²) in [6.07, 6.45) is 9.02. The number of piperidine rings is 3. The second kappa shape index (κ2) is 8.86. The fourth-order valence-corrected chi connectivity index (χ4v) is 5.60. The standard InChI is InChI=1S/C22H35N5O2/c1-15(2)6-7-21(28)24-10-20-17-8-16(19-4-3-5-22(29)27(19)20)11-26(12-17)13-18-9-23-14-25-18/h9,14-17,19-20H,3-8,10-13H2,1-2H3,(H,23,25)(H,24,28)/t16-,17+,19+,20+/m1/s1. The topological polar surface area (TPSA) is 81.3 Å². The number of carbonyl (C=O) groups excluding carboxylic acids is 2. The fraction of sp³-hybridized carbons (Fsp3) is 0.773. The number of hydrogen-bond acceptors (Lipinski definition) is 4. The van der Waals surface area contributed by atoms with E-state index in [1.54, 1.807) is 6.33 Å². The predicted octanol–water partition coefficient (Wildman–Crippen LogP) is 2.16. The van der Waals surface area contributed by atoms with Crippen LogP contribution in [0.5, 0.6) is 0 Å². The average Bonchev–Trinajstić information content (AvgIpc) is 3.19. The smallest absolute Gasteiger partial charge is 0.223 e. The Morgan fingerprint density at radius 3 is 2.93 bits per heavy atom. The Balaban J connectivity index is 1.45. The number of aromatic nitrogens is 2. The maximum Gasteiger partial charge on any atom is 0.223 e. The van der Waals surface area contributed by atoms with Crippen molar-refractivity contribution in [3.63, 3.8) is 0 Å². The lowest BCUT2D eigenvalue weighted by atomic mass is 9.72. The number of H-pyrrole nitrogens is 1. The number of amides is 2. The third-order valence-corrected chi connectivity index (χ3v) is 6.98. The van der Waals surface area contributed by atoms with Crippen LogP contribution in [0.25, 0.3) is 0 Å². The van der Waals surface area contributed by atoms with Crippen LogP contribution in [0.3, 0.4) is 0 Å². The molecule has 1 aromatic rings. The minimum absolute atomic E-state index is 0.118. The molecule has 2 bridgehead atoms. The first kappa shape index (κ1) is 20.4. The molecule has 160 valence electrons. The molecular weight excluding hydrogens is 366 g/mol. The van der Waals surface area contributed by atoms with E-state index in [9.17, 15) is 9.59 Å². The molecule has 0 radical (unpaired) electrons. The van der Waals surface area contributed by atoms with Gasteiger partial charge in [-0.05, 0) is 43.4 Å². The zero-order valence-corrected chi connectivity index (χ0v) is 17.8. The van der Waals surface area contributed by atoms with E-state index >= 15 is 0 Å². The average molecular weight is 402 g/mol. The van der Waals surface area contributed by atoms with Crippen LogP contribution >= 0.6 is 0 Å². The molecule has 3 fully saturated rings. The third-order valence-electron chi connectivity index (χ3n) is 6.98. The Morgan fingerprint density at radius 2 is 2.17 bits per heavy atom. The maximum absolute atomic E-state index is 12.9. The molecule has 1 aromatic heterocycles. The summed E-state index contributed by atoms with van der Waals surface area (Å²) in [5.41, 5.74) is 1.14. The molecule has 0 aliphatic carbocycles. The van der Waals surface area contributed by atoms with Crippen molar-refractivity contribution in [3.05, 3.63) is 18.2 Å². The first-order chi connectivity index (χ1) is 14.0. The number of carbonyl (C=O) groups is 2. The first-order valence-electron chi connectivity index (χ1n) is 11.3. The number of imidazole rings is 1. The lowest BCUT2D eigenvalue weighted by Gasteiger charge is -2.56. The SMILES string of the molecule is CC(C)CCC(=O)NC[C@H]1[C@H]2C[C@H](CN(Cc3cnc[nH]3)C2)[C@@H]2CCCC(=O)N21. The van der Waals surface area contributed by atoms with E-state index in [2.05, 4.69) is 38.9 Å². The third kappa shape index (κ3) is 4.65. The molecule has 2 N–H and O–H groups in total. The number of fused-ring (bicyclic) bond motifs is 4. The van der Waals surface area contributed by atoms with Gasteiger partial charge in [-0.2, -0.15) is 0 Å². The normalized spacial score (nSPS) is 29.8. The molecule has 4 rings (SSSR count). The molecule has 3 aliphatic rings. The van der Waals surface area contributed by atoms with Gasteiger partial charge < -0.3 is 15.2 Å². The summed E-state index contributed by atoms with van der Waals surface area (Å²) in [6, 6.07) is 0.450. The highest BCUT2D eigenvalue weighted by atomic mass is 16.2. The van der Waals surface area contributed by atoms with Gasteiger partial charge in [-0.3, -0.25) is 14.5 Å². The highest BCUT2D eigenvalue weighted by molar-refractivity contribution is 5.78. The van der Waals surface area contributed by atoms with Gasteiger partial charge in [0.25, 0.3) is 0 Å². The van der Waals surface area contributed by atoms with Crippen LogP contribution in [0.1, 0.15) is 58.1 Å². The van der Waals surface area contributed by atoms with Gasteiger partial charge in [0, 0.05) is 57.0 Å². The summed E-state index contributed by atoms with van der Waals surface area (Å²) in [5.74, 6) is 1.89. The van der Waals surface area contributed by atoms with Gasteiger partial charge in [-0.25, -0.2) is 4.98 Å². The summed E-state index contributed by atoms with van der Waals surface area (Å²) >= 11 is 0. The van der Waals surface area contributed by atoms with Crippen molar-refractivity contribution < 1.29 is 9.59 Å². The Kier molecular flexibility index (Phi) is 6.23. The van der Waals surface area contributed by atoms with Gasteiger partial charge in [-0.15, -0.1) is 0 Å². The van der Waals surface area contributed by atoms with Crippen molar-refractivity contribution in [2.75, 3.05) is 19.6 Å². The van der Waals surface area contributed by atoms with Crippen molar-refractivity contribution in [1.29, 1.82) is 0 Å². The van der Waals surface area contributed by atoms with Gasteiger partial charge in [0.1, 0.15) is 0 Å². The van der Waals surface area contributed by atoms with Gasteiger partial charge >= 0.3 is 0 Å². The number of likely N-dealkylation sites (tertiary alicyclic amines) is 1. The highest BCUT2D eigenvalue weighted by Gasteiger charge is 2.49. The Bertz CT molecular complexity index is 704. The summed E-state index contributed by atoms with van der Waals surface area (Å²) in [7, 11) is 0. The number of hydrogen-bond donors (Lipinski definition) is 2. The molecule has 4 atom stereocenters. The molecule has 7 nitrogen and oxygen atoms in total. The van der Waals surface area contributed by atoms with Crippen molar-refractivity contribution in [1.82, 2.24) is 25.1 Å². The van der Waals surface area contributed by atoms with E-state index in [-0.39, 0.29) is 11.9 Å². The Hall–Kier alpha value is -1.89. The lowest BCUT2D eigenvalue weighted by Crippen LogP contribution is -2.67. The van der Waals surface area contributed by atoms with Crippen LogP contribution in [-0.2, 0) is 16.1 Å². The molecule has 4 heterocycles. The summed E-state index contributed by atoms with van der Waals surface area (Å²) in [6.45, 7) is 7.76. The van der Waals surface area contributed by atoms with E-state index in [0.717, 1.165) is 44.6 Å². The van der Waals surface area contributed by atoms with Crippen LogP contribution in [0.4, 0.5) is 0 Å². The zero-order valence-electron chi connectivity index (χ0n) is 17.8. The largest absolute Gasteiger partial charge is 0.354 e. The minimum atomic E-state index is 0.118. The molecule has 3 aliphatic heterocycles. The molecule has 0 unspecified atom stereocenters. The minimum Gasteiger partial charge on any atom is -0.354 e. The van der Waals surface area contributed by atoms with E-state index in [1.165, 1.54) is 6.42 Å². The molecule has 0 saturated carbocycles. The molecule has 0 spiro atoms. The van der Waals surface area contributed by atoms with Gasteiger partial charge in [0.15, 0.2) is 0 Å². The van der Waals surface area contributed by atoms with Crippen molar-refractivity contribution in [2.45, 2.75) is 71.0 Å². The molecule has 0 aromatic carbocycles. The highest BCUT2D eigenvalue weighted by Crippen LogP contribution is 2.41. The van der Waals surface area contributed by atoms with Crippen LogP contribution in [0, 0.1) is 17.8 Å². The molecular formula is C22H35N5O2. The summed E-state index contributed by atoms with van der Waals surface area (Å²) in [4.78, 5) is 37.2. The number of aromatic amines is 1. The number of nitrogens with one attached hydrogen (secondary N) is 2. The van der Waals surface area contributed by atoms with Crippen LogP contribution in [0.2, 0.25) is 0 Å². The van der Waals surface area contributed by atoms with E-state index < -0.39 is 0 Å². The van der Waals surface area contributed by atoms with Crippen LogP contribution in [-0.4, -0.2) is 63.3 Å². The molecule has 29 heavy (non-hydrogen) atoms. The quantitative estimate of drug-likeness (QED) is 0.734. The number of nitrogens with zero attached hydrogens (tertiary/aromatic N) is 3. The van der Waals surface area contributed by atoms with E-state index in [1.807, 2.05) is 6.20 Å². The first-order valence-corrected chi connectivity index (χ1v) is 11.3. The maximum atomic E-state index is 12.9. The lowest BCUT2D eigenvalue weighted by molar-refractivity contribution is -0.153. The molecule has 2 amide bonds. The molecule has 3 saturated heterocycles. The van der Waals surface area contributed by atoms with Gasteiger partial charge in [0.2, 0.25) is 11.8 Å².